The lowest BCUT2D eigenvalue weighted by Gasteiger charge is -2.33. The molecule has 1 aromatic rings. The monoisotopic (exact) mass is 296 g/mol. The van der Waals surface area contributed by atoms with E-state index < -0.39 is 0 Å². The highest BCUT2D eigenvalue weighted by molar-refractivity contribution is 7.09. The fourth-order valence-corrected chi connectivity index (χ4v) is 3.40. The maximum absolute atomic E-state index is 12.3. The summed E-state index contributed by atoms with van der Waals surface area (Å²) >= 11 is 1.64. The molecule has 1 aliphatic rings. The van der Waals surface area contributed by atoms with Gasteiger partial charge in [-0.2, -0.15) is 0 Å². The summed E-state index contributed by atoms with van der Waals surface area (Å²) < 4.78 is 0. The fraction of sp³-hybridized carbons (Fsp3) is 0.733. The van der Waals surface area contributed by atoms with E-state index in [2.05, 4.69) is 18.8 Å². The van der Waals surface area contributed by atoms with E-state index in [0.29, 0.717) is 18.3 Å². The molecule has 0 spiro atoms. The van der Waals surface area contributed by atoms with Gasteiger partial charge in [-0.3, -0.25) is 4.79 Å². The Labute approximate surface area is 124 Å². The molecule has 5 heteroatoms. The Morgan fingerprint density at radius 2 is 2.10 bits per heavy atom. The predicted octanol–water partition coefficient (Wildman–Crippen LogP) is 2.43. The molecule has 20 heavy (non-hydrogen) atoms. The van der Waals surface area contributed by atoms with Crippen LogP contribution in [0.3, 0.4) is 0 Å². The van der Waals surface area contributed by atoms with Crippen molar-refractivity contribution in [2.75, 3.05) is 13.1 Å². The second-order valence-electron chi connectivity index (χ2n) is 5.97. The van der Waals surface area contributed by atoms with Crippen LogP contribution in [0.1, 0.15) is 50.2 Å². The van der Waals surface area contributed by atoms with Crippen LogP contribution >= 0.6 is 11.3 Å². The molecule has 0 bridgehead atoms. The lowest BCUT2D eigenvalue weighted by atomic mass is 9.92. The van der Waals surface area contributed by atoms with Gasteiger partial charge in [0, 0.05) is 24.4 Å². The van der Waals surface area contributed by atoms with Crippen molar-refractivity contribution in [3.63, 3.8) is 0 Å². The van der Waals surface area contributed by atoms with Gasteiger partial charge in [-0.25, -0.2) is 4.98 Å². The van der Waals surface area contributed by atoms with Crippen LogP contribution in [0.2, 0.25) is 0 Å². The van der Waals surface area contributed by atoms with Gasteiger partial charge in [0.1, 0.15) is 0 Å². The average Bonchev–Trinajstić information content (AvgIpc) is 2.87. The minimum absolute atomic E-state index is 0.162. The lowest BCUT2D eigenvalue weighted by Crippen LogP contribution is -2.41. The van der Waals surface area contributed by atoms with Gasteiger partial charge in [0.05, 0.1) is 23.2 Å². The van der Waals surface area contributed by atoms with E-state index in [-0.39, 0.29) is 12.0 Å². The third-order valence-corrected chi connectivity index (χ3v) is 5.16. The third kappa shape index (κ3) is 3.79. The van der Waals surface area contributed by atoms with Gasteiger partial charge < -0.3 is 10.0 Å². The molecule has 0 radical (unpaired) electrons. The first-order valence-corrected chi connectivity index (χ1v) is 8.25. The van der Waals surface area contributed by atoms with E-state index in [9.17, 15) is 9.90 Å². The number of thiazole rings is 1. The quantitative estimate of drug-likeness (QED) is 0.928. The van der Waals surface area contributed by atoms with Gasteiger partial charge in [0.25, 0.3) is 0 Å². The van der Waals surface area contributed by atoms with Crippen molar-refractivity contribution in [1.82, 2.24) is 9.88 Å². The number of nitrogens with zero attached hydrogens (tertiary/aromatic N) is 2. The summed E-state index contributed by atoms with van der Waals surface area (Å²) in [6.45, 7) is 7.59. The number of rotatable bonds is 4. The van der Waals surface area contributed by atoms with Gasteiger partial charge in [0.2, 0.25) is 5.91 Å². The minimum atomic E-state index is -0.264. The summed E-state index contributed by atoms with van der Waals surface area (Å²) in [5.41, 5.74) is 0.890. The van der Waals surface area contributed by atoms with Crippen LogP contribution in [0.5, 0.6) is 0 Å². The number of carbonyl (C=O) groups excluding carboxylic acids is 1. The van der Waals surface area contributed by atoms with E-state index >= 15 is 0 Å². The molecule has 0 saturated carbocycles. The minimum Gasteiger partial charge on any atom is -0.393 e. The standard InChI is InChI=1S/C15H24N2O2S/c1-10(2)15-16-13(9-20-15)8-14(19)17-6-4-12(5-7-17)11(3)18/h9-12,18H,4-8H2,1-3H3. The molecule has 1 atom stereocenters. The summed E-state index contributed by atoms with van der Waals surface area (Å²) in [4.78, 5) is 18.7. The molecular formula is C15H24N2O2S. The highest BCUT2D eigenvalue weighted by atomic mass is 32.1. The first-order valence-electron chi connectivity index (χ1n) is 7.37. The summed E-state index contributed by atoms with van der Waals surface area (Å²) in [6.07, 6.45) is 1.94. The highest BCUT2D eigenvalue weighted by Crippen LogP contribution is 2.22. The summed E-state index contributed by atoms with van der Waals surface area (Å²) in [6, 6.07) is 0. The van der Waals surface area contributed by atoms with E-state index in [1.54, 1.807) is 11.3 Å². The second kappa shape index (κ2) is 6.68. The summed E-state index contributed by atoms with van der Waals surface area (Å²) in [5.74, 6) is 0.922. The zero-order valence-corrected chi connectivity index (χ0v) is 13.3. The Balaban J connectivity index is 1.86. The van der Waals surface area contributed by atoms with Crippen LogP contribution in [0.25, 0.3) is 0 Å². The van der Waals surface area contributed by atoms with Gasteiger partial charge in [-0.05, 0) is 25.7 Å². The van der Waals surface area contributed by atoms with Gasteiger partial charge in [-0.1, -0.05) is 13.8 Å². The Bertz CT molecular complexity index is 448. The number of amides is 1. The predicted molar refractivity (Wildman–Crippen MR) is 80.9 cm³/mol. The Morgan fingerprint density at radius 3 is 2.60 bits per heavy atom. The first kappa shape index (κ1) is 15.4. The van der Waals surface area contributed by atoms with E-state index in [4.69, 9.17) is 0 Å². The number of piperidine rings is 1. The number of hydrogen-bond acceptors (Lipinski definition) is 4. The van der Waals surface area contributed by atoms with Crippen LogP contribution in [0.15, 0.2) is 5.38 Å². The molecule has 1 aromatic heterocycles. The third-order valence-electron chi connectivity index (χ3n) is 3.97. The van der Waals surface area contributed by atoms with Crippen molar-refractivity contribution in [3.05, 3.63) is 16.1 Å². The molecule has 2 heterocycles. The maximum atomic E-state index is 12.3. The second-order valence-corrected chi connectivity index (χ2v) is 6.86. The van der Waals surface area contributed by atoms with Crippen molar-refractivity contribution in [2.24, 2.45) is 5.92 Å². The Kier molecular flexibility index (Phi) is 5.16. The van der Waals surface area contributed by atoms with E-state index in [0.717, 1.165) is 36.6 Å². The van der Waals surface area contributed by atoms with Crippen LogP contribution in [-0.2, 0) is 11.2 Å². The zero-order chi connectivity index (χ0) is 14.7. The van der Waals surface area contributed by atoms with Crippen molar-refractivity contribution in [3.8, 4) is 0 Å². The summed E-state index contributed by atoms with van der Waals surface area (Å²) in [7, 11) is 0. The van der Waals surface area contributed by atoms with Crippen LogP contribution < -0.4 is 0 Å². The molecule has 0 aliphatic carbocycles. The van der Waals surface area contributed by atoms with Crippen LogP contribution in [0.4, 0.5) is 0 Å². The average molecular weight is 296 g/mol. The number of likely N-dealkylation sites (tertiary alicyclic amines) is 1. The number of hydrogen-bond donors (Lipinski definition) is 1. The number of aliphatic hydroxyl groups is 1. The smallest absolute Gasteiger partial charge is 0.228 e. The zero-order valence-electron chi connectivity index (χ0n) is 12.5. The normalized spacial score (nSPS) is 18.6. The van der Waals surface area contributed by atoms with Gasteiger partial charge in [-0.15, -0.1) is 11.3 Å². The lowest BCUT2D eigenvalue weighted by molar-refractivity contribution is -0.132. The molecule has 0 aromatic carbocycles. The topological polar surface area (TPSA) is 53.4 Å². The van der Waals surface area contributed by atoms with Crippen molar-refractivity contribution < 1.29 is 9.90 Å². The summed E-state index contributed by atoms with van der Waals surface area (Å²) in [5, 5.41) is 12.7. The van der Waals surface area contributed by atoms with Crippen molar-refractivity contribution in [2.45, 2.75) is 52.1 Å². The van der Waals surface area contributed by atoms with Gasteiger partial charge in [0.15, 0.2) is 0 Å². The molecular weight excluding hydrogens is 272 g/mol. The SMILES string of the molecule is CC(C)c1nc(CC(=O)N2CCC(C(C)O)CC2)cs1. The van der Waals surface area contributed by atoms with E-state index in [1.807, 2.05) is 17.2 Å². The highest BCUT2D eigenvalue weighted by Gasteiger charge is 2.25. The molecule has 1 aliphatic heterocycles. The molecule has 1 unspecified atom stereocenters. The van der Waals surface area contributed by atoms with Crippen LogP contribution in [-0.4, -0.2) is 40.1 Å². The maximum Gasteiger partial charge on any atom is 0.228 e. The molecule has 2 rings (SSSR count). The molecule has 4 nitrogen and oxygen atoms in total. The Hall–Kier alpha value is -0.940. The van der Waals surface area contributed by atoms with Crippen molar-refractivity contribution in [1.29, 1.82) is 0 Å². The molecule has 1 fully saturated rings. The molecule has 1 amide bonds. The van der Waals surface area contributed by atoms with Crippen LogP contribution in [0, 0.1) is 5.92 Å². The number of aromatic nitrogens is 1. The number of carbonyl (C=O) groups is 1. The van der Waals surface area contributed by atoms with Crippen molar-refractivity contribution >= 4 is 17.2 Å². The molecule has 1 saturated heterocycles. The van der Waals surface area contributed by atoms with Gasteiger partial charge >= 0.3 is 0 Å². The first-order chi connectivity index (χ1) is 9.47. The fourth-order valence-electron chi connectivity index (χ4n) is 2.57. The number of aliphatic hydroxyl groups excluding tert-OH is 1. The molecule has 112 valence electrons. The molecule has 1 N–H and O–H groups in total. The Morgan fingerprint density at radius 1 is 1.45 bits per heavy atom. The largest absolute Gasteiger partial charge is 0.393 e. The van der Waals surface area contributed by atoms with E-state index in [1.165, 1.54) is 0 Å².